The highest BCUT2D eigenvalue weighted by Gasteiger charge is 2.16. The summed E-state index contributed by atoms with van der Waals surface area (Å²) in [5, 5.41) is 20.3. The molecule has 0 saturated heterocycles. The summed E-state index contributed by atoms with van der Waals surface area (Å²) in [5.41, 5.74) is 0.426. The van der Waals surface area contributed by atoms with Gasteiger partial charge in [-0.1, -0.05) is 12.1 Å². The van der Waals surface area contributed by atoms with Crippen molar-refractivity contribution in [2.45, 2.75) is 25.7 Å². The van der Waals surface area contributed by atoms with E-state index in [-0.39, 0.29) is 11.4 Å². The second-order valence-electron chi connectivity index (χ2n) is 3.57. The number of nitrogens with zero attached hydrogens (tertiary/aromatic N) is 1. The van der Waals surface area contributed by atoms with Crippen molar-refractivity contribution in [1.29, 1.82) is 0 Å². The van der Waals surface area contributed by atoms with E-state index in [0.29, 0.717) is 12.0 Å². The van der Waals surface area contributed by atoms with E-state index in [1.54, 1.807) is 0 Å². The van der Waals surface area contributed by atoms with Crippen LogP contribution in [0.2, 0.25) is 0 Å². The van der Waals surface area contributed by atoms with Crippen LogP contribution in [0.4, 0.5) is 5.69 Å². The van der Waals surface area contributed by atoms with E-state index in [0.717, 1.165) is 19.3 Å². The SMILES string of the molecule is C=CCCCCc1c(O)cccc1[N+](=O)[O-]. The van der Waals surface area contributed by atoms with Crippen LogP contribution in [-0.2, 0) is 6.42 Å². The van der Waals surface area contributed by atoms with Crippen molar-refractivity contribution in [3.8, 4) is 5.75 Å². The molecule has 0 unspecified atom stereocenters. The molecular weight excluding hydrogens is 206 g/mol. The largest absolute Gasteiger partial charge is 0.507 e. The third kappa shape index (κ3) is 3.08. The third-order valence-electron chi connectivity index (χ3n) is 2.41. The Hall–Kier alpha value is -1.84. The molecule has 0 atom stereocenters. The molecule has 1 aromatic carbocycles. The van der Waals surface area contributed by atoms with Crippen molar-refractivity contribution in [2.24, 2.45) is 0 Å². The Balaban J connectivity index is 2.76. The van der Waals surface area contributed by atoms with Crippen molar-refractivity contribution in [2.75, 3.05) is 0 Å². The molecule has 16 heavy (non-hydrogen) atoms. The molecule has 0 aromatic heterocycles. The fourth-order valence-corrected chi connectivity index (χ4v) is 1.58. The Morgan fingerprint density at radius 2 is 2.19 bits per heavy atom. The molecule has 4 heteroatoms. The van der Waals surface area contributed by atoms with Crippen molar-refractivity contribution >= 4 is 5.69 Å². The molecule has 0 heterocycles. The quantitative estimate of drug-likeness (QED) is 0.347. The first-order valence-electron chi connectivity index (χ1n) is 5.23. The molecule has 0 spiro atoms. The van der Waals surface area contributed by atoms with Crippen LogP contribution in [0.25, 0.3) is 0 Å². The molecule has 0 amide bonds. The molecule has 0 fully saturated rings. The van der Waals surface area contributed by atoms with Crippen LogP contribution in [0.1, 0.15) is 24.8 Å². The molecular formula is C12H15NO3. The maximum atomic E-state index is 10.7. The maximum Gasteiger partial charge on any atom is 0.276 e. The molecule has 0 aliphatic rings. The number of rotatable bonds is 6. The first-order valence-corrected chi connectivity index (χ1v) is 5.23. The molecule has 0 saturated carbocycles. The van der Waals surface area contributed by atoms with Crippen molar-refractivity contribution < 1.29 is 10.0 Å². The molecule has 0 aliphatic carbocycles. The Kier molecular flexibility index (Phi) is 4.51. The number of nitro groups is 1. The lowest BCUT2D eigenvalue weighted by atomic mass is 10.0. The fourth-order valence-electron chi connectivity index (χ4n) is 1.58. The Bertz CT molecular complexity index is 388. The number of aromatic hydroxyl groups is 1. The maximum absolute atomic E-state index is 10.7. The minimum Gasteiger partial charge on any atom is -0.507 e. The Morgan fingerprint density at radius 3 is 2.81 bits per heavy atom. The number of phenols is 1. The van der Waals surface area contributed by atoms with Crippen LogP contribution < -0.4 is 0 Å². The second kappa shape index (κ2) is 5.90. The third-order valence-corrected chi connectivity index (χ3v) is 2.41. The van der Waals surface area contributed by atoms with Crippen molar-refractivity contribution in [3.63, 3.8) is 0 Å². The smallest absolute Gasteiger partial charge is 0.276 e. The number of benzene rings is 1. The predicted octanol–water partition coefficient (Wildman–Crippen LogP) is 3.20. The van der Waals surface area contributed by atoms with Gasteiger partial charge in [0.15, 0.2) is 0 Å². The highest BCUT2D eigenvalue weighted by Crippen LogP contribution is 2.28. The standard InChI is InChI=1S/C12H15NO3/c1-2-3-4-5-7-10-11(13(15)16)8-6-9-12(10)14/h2,6,8-9,14H,1,3-5,7H2. The summed E-state index contributed by atoms with van der Waals surface area (Å²) in [6, 6.07) is 4.39. The summed E-state index contributed by atoms with van der Waals surface area (Å²) >= 11 is 0. The summed E-state index contributed by atoms with van der Waals surface area (Å²) in [6.45, 7) is 3.61. The van der Waals surface area contributed by atoms with E-state index >= 15 is 0 Å². The van der Waals surface area contributed by atoms with Crippen LogP contribution in [0.15, 0.2) is 30.9 Å². The normalized spacial score (nSPS) is 10.0. The summed E-state index contributed by atoms with van der Waals surface area (Å²) < 4.78 is 0. The van der Waals surface area contributed by atoms with Crippen LogP contribution in [0, 0.1) is 10.1 Å². The van der Waals surface area contributed by atoms with Gasteiger partial charge in [-0.3, -0.25) is 10.1 Å². The fraction of sp³-hybridized carbons (Fsp3) is 0.333. The van der Waals surface area contributed by atoms with Crippen LogP contribution in [-0.4, -0.2) is 10.0 Å². The number of phenolic OH excluding ortho intramolecular Hbond substituents is 1. The number of unbranched alkanes of at least 4 members (excludes halogenated alkanes) is 2. The highest BCUT2D eigenvalue weighted by molar-refractivity contribution is 5.48. The Morgan fingerprint density at radius 1 is 1.44 bits per heavy atom. The molecule has 0 bridgehead atoms. The lowest BCUT2D eigenvalue weighted by Crippen LogP contribution is -1.96. The topological polar surface area (TPSA) is 63.4 Å². The van der Waals surface area contributed by atoms with Gasteiger partial charge in [0.2, 0.25) is 0 Å². The molecule has 0 radical (unpaired) electrons. The van der Waals surface area contributed by atoms with Gasteiger partial charge in [-0.2, -0.15) is 0 Å². The minimum absolute atomic E-state index is 0.00129. The number of nitro benzene ring substituents is 1. The highest BCUT2D eigenvalue weighted by atomic mass is 16.6. The number of hydrogen-bond donors (Lipinski definition) is 1. The van der Waals surface area contributed by atoms with Gasteiger partial charge in [0.25, 0.3) is 5.69 Å². The van der Waals surface area contributed by atoms with E-state index in [1.807, 2.05) is 6.08 Å². The molecule has 0 aliphatic heterocycles. The predicted molar refractivity (Wildman–Crippen MR) is 62.5 cm³/mol. The van der Waals surface area contributed by atoms with Gasteiger partial charge in [0.1, 0.15) is 5.75 Å². The molecule has 1 rings (SSSR count). The molecule has 1 N–H and O–H groups in total. The van der Waals surface area contributed by atoms with Crippen LogP contribution in [0.3, 0.4) is 0 Å². The lowest BCUT2D eigenvalue weighted by Gasteiger charge is -2.04. The molecule has 4 nitrogen and oxygen atoms in total. The monoisotopic (exact) mass is 221 g/mol. The Labute approximate surface area is 94.4 Å². The van der Waals surface area contributed by atoms with Crippen LogP contribution in [0.5, 0.6) is 5.75 Å². The summed E-state index contributed by atoms with van der Waals surface area (Å²) in [7, 11) is 0. The average molecular weight is 221 g/mol. The van der Waals surface area contributed by atoms with Crippen molar-refractivity contribution in [1.82, 2.24) is 0 Å². The van der Waals surface area contributed by atoms with Gasteiger partial charge >= 0.3 is 0 Å². The molecule has 86 valence electrons. The summed E-state index contributed by atoms with van der Waals surface area (Å²) in [4.78, 5) is 10.3. The van der Waals surface area contributed by atoms with E-state index in [9.17, 15) is 15.2 Å². The minimum atomic E-state index is -0.456. The van der Waals surface area contributed by atoms with Gasteiger partial charge in [-0.25, -0.2) is 0 Å². The van der Waals surface area contributed by atoms with Gasteiger partial charge in [-0.15, -0.1) is 6.58 Å². The summed E-state index contributed by atoms with van der Waals surface area (Å²) in [6.07, 6.45) is 4.97. The zero-order valence-corrected chi connectivity index (χ0v) is 9.06. The van der Waals surface area contributed by atoms with E-state index in [1.165, 1.54) is 18.2 Å². The van der Waals surface area contributed by atoms with E-state index < -0.39 is 4.92 Å². The first-order chi connectivity index (χ1) is 7.66. The van der Waals surface area contributed by atoms with Crippen molar-refractivity contribution in [3.05, 3.63) is 46.5 Å². The number of allylic oxidation sites excluding steroid dienone is 1. The zero-order valence-electron chi connectivity index (χ0n) is 9.06. The summed E-state index contributed by atoms with van der Waals surface area (Å²) in [5.74, 6) is 0.00723. The van der Waals surface area contributed by atoms with E-state index in [2.05, 4.69) is 6.58 Å². The second-order valence-corrected chi connectivity index (χ2v) is 3.57. The van der Waals surface area contributed by atoms with Gasteiger partial charge < -0.3 is 5.11 Å². The number of hydrogen-bond acceptors (Lipinski definition) is 3. The van der Waals surface area contributed by atoms with Gasteiger partial charge in [-0.05, 0) is 31.7 Å². The van der Waals surface area contributed by atoms with Crippen LogP contribution >= 0.6 is 0 Å². The first kappa shape index (κ1) is 12.2. The average Bonchev–Trinajstić information content (AvgIpc) is 2.25. The van der Waals surface area contributed by atoms with Gasteiger partial charge in [0, 0.05) is 6.07 Å². The van der Waals surface area contributed by atoms with E-state index in [4.69, 9.17) is 0 Å². The van der Waals surface area contributed by atoms with Gasteiger partial charge in [0.05, 0.1) is 10.5 Å². The zero-order chi connectivity index (χ0) is 12.0. The molecule has 1 aromatic rings. The lowest BCUT2D eigenvalue weighted by molar-refractivity contribution is -0.385.